The SMILES string of the molecule is O=C(O)c1ncnn1-c1ccccc1O. The first-order valence-corrected chi connectivity index (χ1v) is 4.12. The lowest BCUT2D eigenvalue weighted by molar-refractivity contribution is 0.0680. The van der Waals surface area contributed by atoms with Crippen LogP contribution in [0.3, 0.4) is 0 Å². The molecule has 2 rings (SSSR count). The number of aromatic carboxylic acids is 1. The fourth-order valence-electron chi connectivity index (χ4n) is 1.21. The third kappa shape index (κ3) is 1.52. The molecule has 76 valence electrons. The van der Waals surface area contributed by atoms with E-state index in [4.69, 9.17) is 5.11 Å². The molecule has 6 nitrogen and oxygen atoms in total. The van der Waals surface area contributed by atoms with Gasteiger partial charge in [-0.05, 0) is 12.1 Å². The number of carboxylic acids is 1. The molecule has 0 spiro atoms. The van der Waals surface area contributed by atoms with E-state index in [2.05, 4.69) is 10.1 Å². The molecule has 0 bridgehead atoms. The van der Waals surface area contributed by atoms with Gasteiger partial charge in [0.1, 0.15) is 17.8 Å². The largest absolute Gasteiger partial charge is 0.506 e. The van der Waals surface area contributed by atoms with Crippen molar-refractivity contribution in [3.63, 3.8) is 0 Å². The highest BCUT2D eigenvalue weighted by atomic mass is 16.4. The van der Waals surface area contributed by atoms with Crippen molar-refractivity contribution in [3.05, 3.63) is 36.4 Å². The molecule has 1 aromatic heterocycles. The maximum absolute atomic E-state index is 10.8. The van der Waals surface area contributed by atoms with Crippen molar-refractivity contribution in [2.75, 3.05) is 0 Å². The first kappa shape index (κ1) is 9.20. The van der Waals surface area contributed by atoms with Gasteiger partial charge in [-0.25, -0.2) is 14.5 Å². The second kappa shape index (κ2) is 3.41. The third-order valence-corrected chi connectivity index (χ3v) is 1.85. The summed E-state index contributed by atoms with van der Waals surface area (Å²) in [5.74, 6) is -1.49. The smallest absolute Gasteiger partial charge is 0.374 e. The molecule has 0 radical (unpaired) electrons. The molecule has 1 heterocycles. The summed E-state index contributed by atoms with van der Waals surface area (Å²) in [5, 5.41) is 22.0. The molecule has 1 aromatic carbocycles. The van der Waals surface area contributed by atoms with Crippen LogP contribution in [0.15, 0.2) is 30.6 Å². The van der Waals surface area contributed by atoms with Gasteiger partial charge in [0.15, 0.2) is 0 Å². The minimum atomic E-state index is -1.20. The van der Waals surface area contributed by atoms with Crippen LogP contribution in [0.25, 0.3) is 5.69 Å². The van der Waals surface area contributed by atoms with E-state index in [1.807, 2.05) is 0 Å². The monoisotopic (exact) mass is 205 g/mol. The van der Waals surface area contributed by atoms with Crippen LogP contribution in [0.4, 0.5) is 0 Å². The molecule has 0 aliphatic heterocycles. The highest BCUT2D eigenvalue weighted by Crippen LogP contribution is 2.20. The number of nitrogens with zero attached hydrogens (tertiary/aromatic N) is 3. The van der Waals surface area contributed by atoms with Gasteiger partial charge in [0, 0.05) is 0 Å². The average molecular weight is 205 g/mol. The Kier molecular flexibility index (Phi) is 2.09. The Balaban J connectivity index is 2.59. The van der Waals surface area contributed by atoms with Crippen molar-refractivity contribution in [2.24, 2.45) is 0 Å². The molecule has 0 amide bonds. The fourth-order valence-corrected chi connectivity index (χ4v) is 1.21. The molecule has 0 aliphatic rings. The Hall–Kier alpha value is -2.37. The molecule has 0 unspecified atom stereocenters. The molecule has 15 heavy (non-hydrogen) atoms. The van der Waals surface area contributed by atoms with Crippen LogP contribution in [-0.2, 0) is 0 Å². The van der Waals surface area contributed by atoms with Crippen molar-refractivity contribution in [1.82, 2.24) is 14.8 Å². The second-order valence-electron chi connectivity index (χ2n) is 2.79. The Morgan fingerprint density at radius 2 is 2.07 bits per heavy atom. The zero-order valence-electron chi connectivity index (χ0n) is 7.53. The number of phenolic OH excluding ortho intramolecular Hbond substituents is 1. The summed E-state index contributed by atoms with van der Waals surface area (Å²) in [6.45, 7) is 0. The Labute approximate surface area is 84.4 Å². The summed E-state index contributed by atoms with van der Waals surface area (Å²) in [6.07, 6.45) is 1.12. The van der Waals surface area contributed by atoms with Crippen molar-refractivity contribution >= 4 is 5.97 Å². The maximum Gasteiger partial charge on any atom is 0.374 e. The van der Waals surface area contributed by atoms with Gasteiger partial charge >= 0.3 is 5.97 Å². The molecular formula is C9H7N3O3. The van der Waals surface area contributed by atoms with Crippen LogP contribution in [0.5, 0.6) is 5.75 Å². The Bertz CT molecular complexity index is 507. The number of rotatable bonds is 2. The number of carboxylic acid groups (broad SMARTS) is 1. The molecule has 0 fully saturated rings. The van der Waals surface area contributed by atoms with E-state index < -0.39 is 5.97 Å². The van der Waals surface area contributed by atoms with Crippen LogP contribution in [0.2, 0.25) is 0 Å². The lowest BCUT2D eigenvalue weighted by Crippen LogP contribution is -2.09. The van der Waals surface area contributed by atoms with E-state index in [1.165, 1.54) is 6.07 Å². The summed E-state index contributed by atoms with van der Waals surface area (Å²) in [7, 11) is 0. The Morgan fingerprint density at radius 1 is 1.33 bits per heavy atom. The van der Waals surface area contributed by atoms with Crippen molar-refractivity contribution in [3.8, 4) is 11.4 Å². The number of para-hydroxylation sites is 2. The summed E-state index contributed by atoms with van der Waals surface area (Å²) in [6, 6.07) is 6.30. The fraction of sp³-hybridized carbons (Fsp3) is 0. The number of carbonyl (C=O) groups is 1. The number of hydrogen-bond donors (Lipinski definition) is 2. The third-order valence-electron chi connectivity index (χ3n) is 1.85. The van der Waals surface area contributed by atoms with Gasteiger partial charge in [0.25, 0.3) is 0 Å². The van der Waals surface area contributed by atoms with E-state index in [0.29, 0.717) is 0 Å². The summed E-state index contributed by atoms with van der Waals surface area (Å²) >= 11 is 0. The molecular weight excluding hydrogens is 198 g/mol. The van der Waals surface area contributed by atoms with Crippen molar-refractivity contribution in [2.45, 2.75) is 0 Å². The molecule has 0 atom stereocenters. The second-order valence-corrected chi connectivity index (χ2v) is 2.79. The number of aromatic hydroxyl groups is 1. The first-order chi connectivity index (χ1) is 7.20. The van der Waals surface area contributed by atoms with Gasteiger partial charge in [-0.3, -0.25) is 0 Å². The molecule has 6 heteroatoms. The Morgan fingerprint density at radius 3 is 2.73 bits per heavy atom. The summed E-state index contributed by atoms with van der Waals surface area (Å²) in [5.41, 5.74) is 0.285. The van der Waals surface area contributed by atoms with Gasteiger partial charge in [0.05, 0.1) is 0 Å². The lowest BCUT2D eigenvalue weighted by atomic mass is 10.3. The van der Waals surface area contributed by atoms with Crippen molar-refractivity contribution in [1.29, 1.82) is 0 Å². The number of phenols is 1. The summed E-state index contributed by atoms with van der Waals surface area (Å²) in [4.78, 5) is 14.3. The number of benzene rings is 1. The minimum absolute atomic E-state index is 0.0505. The van der Waals surface area contributed by atoms with Crippen LogP contribution in [0.1, 0.15) is 10.6 Å². The molecule has 2 N–H and O–H groups in total. The number of aromatic nitrogens is 3. The topological polar surface area (TPSA) is 88.2 Å². The van der Waals surface area contributed by atoms with Crippen LogP contribution >= 0.6 is 0 Å². The van der Waals surface area contributed by atoms with Gasteiger partial charge in [-0.15, -0.1) is 0 Å². The maximum atomic E-state index is 10.8. The van der Waals surface area contributed by atoms with E-state index in [1.54, 1.807) is 18.2 Å². The van der Waals surface area contributed by atoms with Gasteiger partial charge in [-0.1, -0.05) is 12.1 Å². The molecule has 0 aliphatic carbocycles. The van der Waals surface area contributed by atoms with Crippen LogP contribution < -0.4 is 0 Å². The van der Waals surface area contributed by atoms with Gasteiger partial charge in [0.2, 0.25) is 5.82 Å². The predicted molar refractivity (Wildman–Crippen MR) is 50.0 cm³/mol. The zero-order chi connectivity index (χ0) is 10.8. The predicted octanol–water partition coefficient (Wildman–Crippen LogP) is 0.671. The van der Waals surface area contributed by atoms with E-state index >= 15 is 0 Å². The summed E-state index contributed by atoms with van der Waals surface area (Å²) < 4.78 is 1.07. The average Bonchev–Trinajstić information content (AvgIpc) is 2.67. The zero-order valence-corrected chi connectivity index (χ0v) is 7.53. The van der Waals surface area contributed by atoms with E-state index in [-0.39, 0.29) is 17.3 Å². The first-order valence-electron chi connectivity index (χ1n) is 4.12. The lowest BCUT2D eigenvalue weighted by Gasteiger charge is -2.04. The minimum Gasteiger partial charge on any atom is -0.506 e. The quantitative estimate of drug-likeness (QED) is 0.752. The van der Waals surface area contributed by atoms with Crippen molar-refractivity contribution < 1.29 is 15.0 Å². The van der Waals surface area contributed by atoms with E-state index in [0.717, 1.165) is 11.0 Å². The molecule has 0 saturated heterocycles. The van der Waals surface area contributed by atoms with Gasteiger partial charge < -0.3 is 10.2 Å². The van der Waals surface area contributed by atoms with Gasteiger partial charge in [-0.2, -0.15) is 5.10 Å². The number of hydrogen-bond acceptors (Lipinski definition) is 4. The molecule has 0 saturated carbocycles. The van der Waals surface area contributed by atoms with Crippen LogP contribution in [-0.4, -0.2) is 30.9 Å². The standard InChI is InChI=1S/C9H7N3O3/c13-7-4-2-1-3-6(7)12-8(9(14)15)10-5-11-12/h1-5,13H,(H,14,15). The molecule has 2 aromatic rings. The highest BCUT2D eigenvalue weighted by Gasteiger charge is 2.15. The van der Waals surface area contributed by atoms with Crippen LogP contribution in [0, 0.1) is 0 Å². The normalized spacial score (nSPS) is 10.1. The highest BCUT2D eigenvalue weighted by molar-refractivity contribution is 5.84. The van der Waals surface area contributed by atoms with E-state index in [9.17, 15) is 9.90 Å².